The average Bonchev–Trinajstić information content (AvgIpc) is 2.84. The van der Waals surface area contributed by atoms with Crippen LogP contribution >= 0.6 is 23.1 Å². The molecule has 0 fully saturated rings. The fourth-order valence-corrected chi connectivity index (χ4v) is 3.46. The summed E-state index contributed by atoms with van der Waals surface area (Å²) in [6, 6.07) is 9.32. The molecule has 2 N–H and O–H groups in total. The molecule has 0 aliphatic carbocycles. The molecule has 1 aromatic carbocycles. The van der Waals surface area contributed by atoms with Crippen LogP contribution in [0.25, 0.3) is 0 Å². The summed E-state index contributed by atoms with van der Waals surface area (Å²) >= 11 is 2.78. The van der Waals surface area contributed by atoms with Gasteiger partial charge >= 0.3 is 5.97 Å². The van der Waals surface area contributed by atoms with Crippen molar-refractivity contribution >= 4 is 40.7 Å². The third-order valence-electron chi connectivity index (χ3n) is 2.49. The molecular formula is C14H13NO3S2. The molecule has 1 aromatic heterocycles. The average molecular weight is 307 g/mol. The lowest BCUT2D eigenvalue weighted by atomic mass is 10.3. The van der Waals surface area contributed by atoms with Gasteiger partial charge in [-0.25, -0.2) is 4.79 Å². The maximum Gasteiger partial charge on any atom is 0.346 e. The van der Waals surface area contributed by atoms with Gasteiger partial charge in [-0.1, -0.05) is 6.07 Å². The Morgan fingerprint density at radius 3 is 2.85 bits per heavy atom. The predicted octanol–water partition coefficient (Wildman–Crippen LogP) is 3.70. The zero-order chi connectivity index (χ0) is 14.5. The van der Waals surface area contributed by atoms with Gasteiger partial charge in [0.05, 0.1) is 0 Å². The summed E-state index contributed by atoms with van der Waals surface area (Å²) in [4.78, 5) is 23.4. The van der Waals surface area contributed by atoms with E-state index in [0.29, 0.717) is 10.6 Å². The third kappa shape index (κ3) is 3.85. The largest absolute Gasteiger partial charge is 0.477 e. The van der Waals surface area contributed by atoms with E-state index < -0.39 is 5.97 Å². The number of anilines is 1. The van der Waals surface area contributed by atoms with E-state index in [-0.39, 0.29) is 5.91 Å². The van der Waals surface area contributed by atoms with E-state index >= 15 is 0 Å². The van der Waals surface area contributed by atoms with Crippen LogP contribution < -0.4 is 5.32 Å². The van der Waals surface area contributed by atoms with Gasteiger partial charge in [0.1, 0.15) is 4.88 Å². The van der Waals surface area contributed by atoms with E-state index in [0.717, 1.165) is 16.1 Å². The van der Waals surface area contributed by atoms with Crippen molar-refractivity contribution in [2.24, 2.45) is 0 Å². The molecule has 1 heterocycles. The van der Waals surface area contributed by atoms with Gasteiger partial charge in [0.25, 0.3) is 0 Å². The number of carbonyl (C=O) groups is 2. The van der Waals surface area contributed by atoms with Crippen LogP contribution in [0.2, 0.25) is 0 Å². The number of hydrogen-bond donors (Lipinski definition) is 2. The molecule has 2 aromatic rings. The van der Waals surface area contributed by atoms with Crippen molar-refractivity contribution in [2.45, 2.75) is 17.6 Å². The maximum atomic E-state index is 11.0. The molecule has 4 nitrogen and oxygen atoms in total. The van der Waals surface area contributed by atoms with E-state index in [1.54, 1.807) is 17.1 Å². The number of carboxylic acids is 1. The van der Waals surface area contributed by atoms with Gasteiger partial charge in [-0.2, -0.15) is 0 Å². The van der Waals surface area contributed by atoms with Crippen LogP contribution in [0.3, 0.4) is 0 Å². The van der Waals surface area contributed by atoms with E-state index in [1.165, 1.54) is 18.3 Å². The number of amides is 1. The van der Waals surface area contributed by atoms with Crippen molar-refractivity contribution in [2.75, 3.05) is 5.32 Å². The van der Waals surface area contributed by atoms with Crippen LogP contribution in [-0.4, -0.2) is 17.0 Å². The van der Waals surface area contributed by atoms with E-state index in [2.05, 4.69) is 5.32 Å². The smallest absolute Gasteiger partial charge is 0.346 e. The highest BCUT2D eigenvalue weighted by Crippen LogP contribution is 2.28. The van der Waals surface area contributed by atoms with E-state index in [1.807, 2.05) is 30.3 Å². The van der Waals surface area contributed by atoms with Gasteiger partial charge in [0.2, 0.25) is 5.91 Å². The minimum atomic E-state index is -0.886. The molecule has 2 rings (SSSR count). The summed E-state index contributed by atoms with van der Waals surface area (Å²) in [5, 5.41) is 13.6. The van der Waals surface area contributed by atoms with Gasteiger partial charge in [0, 0.05) is 23.3 Å². The summed E-state index contributed by atoms with van der Waals surface area (Å²) in [5.74, 6) is -0.407. The fraction of sp³-hybridized carbons (Fsp3) is 0.143. The first-order valence-electron chi connectivity index (χ1n) is 5.86. The van der Waals surface area contributed by atoms with Crippen molar-refractivity contribution in [3.8, 4) is 0 Å². The molecule has 1 amide bonds. The first-order chi connectivity index (χ1) is 9.56. The Morgan fingerprint density at radius 2 is 2.15 bits per heavy atom. The van der Waals surface area contributed by atoms with Crippen LogP contribution in [0, 0.1) is 0 Å². The molecule has 0 atom stereocenters. The van der Waals surface area contributed by atoms with Gasteiger partial charge in [0.15, 0.2) is 0 Å². The van der Waals surface area contributed by atoms with Gasteiger partial charge in [-0.3, -0.25) is 4.79 Å². The first-order valence-corrected chi connectivity index (χ1v) is 7.73. The molecular weight excluding hydrogens is 294 g/mol. The van der Waals surface area contributed by atoms with Crippen LogP contribution in [-0.2, 0) is 10.5 Å². The van der Waals surface area contributed by atoms with E-state index in [4.69, 9.17) is 5.11 Å². The second-order valence-electron chi connectivity index (χ2n) is 4.08. The molecule has 0 aliphatic rings. The van der Waals surface area contributed by atoms with Gasteiger partial charge in [-0.15, -0.1) is 23.1 Å². The van der Waals surface area contributed by atoms with Gasteiger partial charge in [-0.05, 0) is 35.2 Å². The number of carboxylic acid groups (broad SMARTS) is 1. The zero-order valence-electron chi connectivity index (χ0n) is 10.8. The minimum Gasteiger partial charge on any atom is -0.477 e. The summed E-state index contributed by atoms with van der Waals surface area (Å²) in [6.45, 7) is 1.46. The van der Waals surface area contributed by atoms with Gasteiger partial charge < -0.3 is 10.4 Å². The maximum absolute atomic E-state index is 11.0. The highest BCUT2D eigenvalue weighted by Gasteiger charge is 2.11. The van der Waals surface area contributed by atoms with Crippen LogP contribution in [0.4, 0.5) is 5.69 Å². The Morgan fingerprint density at radius 1 is 1.35 bits per heavy atom. The first kappa shape index (κ1) is 14.6. The number of thioether (sulfide) groups is 1. The zero-order valence-corrected chi connectivity index (χ0v) is 12.4. The van der Waals surface area contributed by atoms with Crippen molar-refractivity contribution in [3.05, 3.63) is 46.2 Å². The standard InChI is InChI=1S/C14H13NO3S2/c1-9(16)15-11-3-2-4-12(7-11)20-8-10-5-6-19-13(10)14(17)18/h2-7H,8H2,1H3,(H,15,16)(H,17,18). The number of benzene rings is 1. The van der Waals surface area contributed by atoms with Crippen molar-refractivity contribution in [3.63, 3.8) is 0 Å². The number of aromatic carboxylic acids is 1. The molecule has 0 bridgehead atoms. The lowest BCUT2D eigenvalue weighted by molar-refractivity contribution is -0.114. The second-order valence-corrected chi connectivity index (χ2v) is 6.04. The Hall–Kier alpha value is -1.79. The fourth-order valence-electron chi connectivity index (χ4n) is 1.66. The summed E-state index contributed by atoms with van der Waals surface area (Å²) < 4.78 is 0. The summed E-state index contributed by atoms with van der Waals surface area (Å²) in [7, 11) is 0. The van der Waals surface area contributed by atoms with Crippen molar-refractivity contribution < 1.29 is 14.7 Å². The number of thiophene rings is 1. The molecule has 0 aliphatic heterocycles. The molecule has 20 heavy (non-hydrogen) atoms. The Kier molecular flexibility index (Phi) is 4.81. The molecule has 0 radical (unpaired) electrons. The quantitative estimate of drug-likeness (QED) is 0.827. The normalized spacial score (nSPS) is 10.2. The topological polar surface area (TPSA) is 66.4 Å². The monoisotopic (exact) mass is 307 g/mol. The highest BCUT2D eigenvalue weighted by atomic mass is 32.2. The lowest BCUT2D eigenvalue weighted by Crippen LogP contribution is -2.05. The third-order valence-corrected chi connectivity index (χ3v) is 4.48. The molecule has 0 saturated heterocycles. The van der Waals surface area contributed by atoms with E-state index in [9.17, 15) is 9.59 Å². The molecule has 6 heteroatoms. The van der Waals surface area contributed by atoms with Crippen LogP contribution in [0.1, 0.15) is 22.2 Å². The number of rotatable bonds is 5. The molecule has 0 saturated carbocycles. The minimum absolute atomic E-state index is 0.113. The number of carbonyl (C=O) groups excluding carboxylic acids is 1. The Bertz CT molecular complexity index is 637. The predicted molar refractivity (Wildman–Crippen MR) is 81.6 cm³/mol. The van der Waals surface area contributed by atoms with Crippen LogP contribution in [0.15, 0.2) is 40.6 Å². The number of hydrogen-bond acceptors (Lipinski definition) is 4. The Balaban J connectivity index is 2.05. The Labute approximate surface area is 124 Å². The molecule has 0 spiro atoms. The highest BCUT2D eigenvalue weighted by molar-refractivity contribution is 7.98. The van der Waals surface area contributed by atoms with Crippen molar-refractivity contribution in [1.82, 2.24) is 0 Å². The number of nitrogens with one attached hydrogen (secondary N) is 1. The second kappa shape index (κ2) is 6.58. The molecule has 104 valence electrons. The SMILES string of the molecule is CC(=O)Nc1cccc(SCc2ccsc2C(=O)O)c1. The molecule has 0 unspecified atom stereocenters. The summed E-state index contributed by atoms with van der Waals surface area (Å²) in [6.07, 6.45) is 0. The summed E-state index contributed by atoms with van der Waals surface area (Å²) in [5.41, 5.74) is 1.56. The van der Waals surface area contributed by atoms with Crippen LogP contribution in [0.5, 0.6) is 0 Å². The lowest BCUT2D eigenvalue weighted by Gasteiger charge is -2.05. The van der Waals surface area contributed by atoms with Crippen molar-refractivity contribution in [1.29, 1.82) is 0 Å².